The highest BCUT2D eigenvalue weighted by atomic mass is 79.9. The van der Waals surface area contributed by atoms with E-state index in [4.69, 9.17) is 5.11 Å². The molecule has 1 amide bonds. The minimum atomic E-state index is -0.903. The molecule has 4 nitrogen and oxygen atoms in total. The topological polar surface area (TPSA) is 57.6 Å². The third-order valence-corrected chi connectivity index (χ3v) is 3.23. The average Bonchev–Trinajstić information content (AvgIpc) is 2.36. The van der Waals surface area contributed by atoms with Crippen molar-refractivity contribution in [1.29, 1.82) is 0 Å². The molecule has 0 aliphatic carbocycles. The zero-order chi connectivity index (χ0) is 15.1. The lowest BCUT2D eigenvalue weighted by atomic mass is 10.2. The molecule has 0 unspecified atom stereocenters. The van der Waals surface area contributed by atoms with Gasteiger partial charge in [-0.2, -0.15) is 0 Å². The van der Waals surface area contributed by atoms with Crippen molar-refractivity contribution in [2.24, 2.45) is 0 Å². The second-order valence-electron chi connectivity index (χ2n) is 4.66. The van der Waals surface area contributed by atoms with E-state index in [0.717, 1.165) is 10.0 Å². The normalized spacial score (nSPS) is 11.0. The Morgan fingerprint density at radius 2 is 2.10 bits per heavy atom. The largest absolute Gasteiger partial charge is 0.481 e. The van der Waals surface area contributed by atoms with Gasteiger partial charge < -0.3 is 10.0 Å². The first-order chi connectivity index (χ1) is 9.40. The first kappa shape index (κ1) is 16.4. The molecule has 108 valence electrons. The Bertz CT molecular complexity index is 512. The minimum absolute atomic E-state index is 0.0333. The quantitative estimate of drug-likeness (QED) is 0.810. The Balaban J connectivity index is 2.72. The van der Waals surface area contributed by atoms with Gasteiger partial charge in [0.25, 0.3) is 0 Å². The summed E-state index contributed by atoms with van der Waals surface area (Å²) >= 11 is 3.37. The SMILES string of the molecule is CC(C)N(CCC(=O)O)C(=O)/C=C/c1cccc(Br)c1. The van der Waals surface area contributed by atoms with E-state index in [2.05, 4.69) is 15.9 Å². The molecule has 1 aromatic rings. The molecule has 0 spiro atoms. The van der Waals surface area contributed by atoms with Gasteiger partial charge in [-0.15, -0.1) is 0 Å². The Labute approximate surface area is 127 Å². The van der Waals surface area contributed by atoms with Crippen molar-refractivity contribution in [3.8, 4) is 0 Å². The molecule has 1 aromatic carbocycles. The summed E-state index contributed by atoms with van der Waals surface area (Å²) < 4.78 is 0.943. The minimum Gasteiger partial charge on any atom is -0.481 e. The summed E-state index contributed by atoms with van der Waals surface area (Å²) in [7, 11) is 0. The van der Waals surface area contributed by atoms with E-state index < -0.39 is 5.97 Å². The van der Waals surface area contributed by atoms with Crippen LogP contribution >= 0.6 is 15.9 Å². The standard InChI is InChI=1S/C15H18BrNO3/c1-11(2)17(9-8-15(19)20)14(18)7-6-12-4-3-5-13(16)10-12/h3-7,10-11H,8-9H2,1-2H3,(H,19,20)/b7-6+. The van der Waals surface area contributed by atoms with Gasteiger partial charge in [-0.1, -0.05) is 28.1 Å². The molecule has 0 atom stereocenters. The summed E-state index contributed by atoms with van der Waals surface area (Å²) in [5.74, 6) is -1.08. The zero-order valence-electron chi connectivity index (χ0n) is 11.5. The summed E-state index contributed by atoms with van der Waals surface area (Å²) in [6.07, 6.45) is 3.15. The van der Waals surface area contributed by atoms with Crippen LogP contribution in [0.5, 0.6) is 0 Å². The fourth-order valence-electron chi connectivity index (χ4n) is 1.71. The Hall–Kier alpha value is -1.62. The van der Waals surface area contributed by atoms with E-state index in [1.54, 1.807) is 11.0 Å². The molecule has 0 bridgehead atoms. The summed E-state index contributed by atoms with van der Waals surface area (Å²) in [5.41, 5.74) is 0.912. The highest BCUT2D eigenvalue weighted by Crippen LogP contribution is 2.13. The van der Waals surface area contributed by atoms with Crippen LogP contribution in [0.3, 0.4) is 0 Å². The van der Waals surface area contributed by atoms with Crippen LogP contribution in [0, 0.1) is 0 Å². The zero-order valence-corrected chi connectivity index (χ0v) is 13.1. The molecule has 0 aliphatic heterocycles. The number of carboxylic acids is 1. The number of hydrogen-bond acceptors (Lipinski definition) is 2. The molecule has 0 fully saturated rings. The molecule has 20 heavy (non-hydrogen) atoms. The van der Waals surface area contributed by atoms with Crippen molar-refractivity contribution in [2.45, 2.75) is 26.3 Å². The van der Waals surface area contributed by atoms with Gasteiger partial charge >= 0.3 is 5.97 Å². The highest BCUT2D eigenvalue weighted by Gasteiger charge is 2.15. The number of carbonyl (C=O) groups excluding carboxylic acids is 1. The number of carbonyl (C=O) groups is 2. The van der Waals surface area contributed by atoms with E-state index in [0.29, 0.717) is 0 Å². The lowest BCUT2D eigenvalue weighted by Gasteiger charge is -2.24. The molecule has 1 N–H and O–H groups in total. The van der Waals surface area contributed by atoms with Crippen molar-refractivity contribution in [3.05, 3.63) is 40.4 Å². The molecule has 0 radical (unpaired) electrons. The molecule has 5 heteroatoms. The van der Waals surface area contributed by atoms with Gasteiger partial charge in [0.2, 0.25) is 5.91 Å². The lowest BCUT2D eigenvalue weighted by Crippen LogP contribution is -2.37. The molecular formula is C15H18BrNO3. The van der Waals surface area contributed by atoms with Gasteiger partial charge in [-0.3, -0.25) is 9.59 Å². The Kier molecular flexibility index (Phi) is 6.45. The number of halogens is 1. The summed E-state index contributed by atoms with van der Waals surface area (Å²) in [5, 5.41) is 8.70. The van der Waals surface area contributed by atoms with E-state index in [-0.39, 0.29) is 24.9 Å². The predicted molar refractivity (Wildman–Crippen MR) is 82.3 cm³/mol. The fraction of sp³-hybridized carbons (Fsp3) is 0.333. The third-order valence-electron chi connectivity index (χ3n) is 2.74. The number of aliphatic carboxylic acids is 1. The average molecular weight is 340 g/mol. The molecule has 1 rings (SSSR count). The molecule has 0 aromatic heterocycles. The number of benzene rings is 1. The molecular weight excluding hydrogens is 322 g/mol. The van der Waals surface area contributed by atoms with Crippen LogP contribution in [0.4, 0.5) is 0 Å². The van der Waals surface area contributed by atoms with Crippen molar-refractivity contribution in [2.75, 3.05) is 6.54 Å². The number of rotatable bonds is 6. The predicted octanol–water partition coefficient (Wildman–Crippen LogP) is 3.17. The van der Waals surface area contributed by atoms with Gasteiger partial charge in [0.05, 0.1) is 6.42 Å². The maximum Gasteiger partial charge on any atom is 0.305 e. The number of carboxylic acid groups (broad SMARTS) is 1. The number of amides is 1. The summed E-state index contributed by atoms with van der Waals surface area (Å²) in [6, 6.07) is 7.56. The summed E-state index contributed by atoms with van der Waals surface area (Å²) in [4.78, 5) is 24.2. The van der Waals surface area contributed by atoms with Crippen molar-refractivity contribution in [3.63, 3.8) is 0 Å². The van der Waals surface area contributed by atoms with Gasteiger partial charge in [-0.25, -0.2) is 0 Å². The van der Waals surface area contributed by atoms with Crippen LogP contribution in [0.2, 0.25) is 0 Å². The van der Waals surface area contributed by atoms with Gasteiger partial charge in [0.15, 0.2) is 0 Å². The Morgan fingerprint density at radius 3 is 2.65 bits per heavy atom. The van der Waals surface area contributed by atoms with E-state index in [9.17, 15) is 9.59 Å². The maximum atomic E-state index is 12.1. The second kappa shape index (κ2) is 7.85. The maximum absolute atomic E-state index is 12.1. The smallest absolute Gasteiger partial charge is 0.305 e. The molecule has 0 aliphatic rings. The Morgan fingerprint density at radius 1 is 1.40 bits per heavy atom. The number of hydrogen-bond donors (Lipinski definition) is 1. The van der Waals surface area contributed by atoms with Crippen molar-refractivity contribution in [1.82, 2.24) is 4.90 Å². The van der Waals surface area contributed by atoms with Crippen LogP contribution in [0.15, 0.2) is 34.8 Å². The van der Waals surface area contributed by atoms with Crippen LogP contribution in [0.1, 0.15) is 25.8 Å². The van der Waals surface area contributed by atoms with Crippen LogP contribution in [0.25, 0.3) is 6.08 Å². The van der Waals surface area contributed by atoms with Crippen molar-refractivity contribution >= 4 is 33.9 Å². The van der Waals surface area contributed by atoms with Gasteiger partial charge in [0.1, 0.15) is 0 Å². The van der Waals surface area contributed by atoms with Crippen LogP contribution in [-0.4, -0.2) is 34.5 Å². The lowest BCUT2D eigenvalue weighted by molar-refractivity contribution is -0.138. The van der Waals surface area contributed by atoms with Gasteiger partial charge in [0, 0.05) is 23.1 Å². The van der Waals surface area contributed by atoms with E-state index in [1.165, 1.54) is 6.08 Å². The second-order valence-corrected chi connectivity index (χ2v) is 5.57. The van der Waals surface area contributed by atoms with E-state index >= 15 is 0 Å². The third kappa shape index (κ3) is 5.57. The van der Waals surface area contributed by atoms with Crippen molar-refractivity contribution < 1.29 is 14.7 Å². The van der Waals surface area contributed by atoms with E-state index in [1.807, 2.05) is 38.1 Å². The monoisotopic (exact) mass is 339 g/mol. The highest BCUT2D eigenvalue weighted by molar-refractivity contribution is 9.10. The molecule has 0 heterocycles. The fourth-order valence-corrected chi connectivity index (χ4v) is 2.13. The van der Waals surface area contributed by atoms with Crippen LogP contribution < -0.4 is 0 Å². The molecule has 0 saturated carbocycles. The van der Waals surface area contributed by atoms with Crippen LogP contribution in [-0.2, 0) is 9.59 Å². The van der Waals surface area contributed by atoms with Gasteiger partial charge in [-0.05, 0) is 37.6 Å². The number of nitrogens with zero attached hydrogens (tertiary/aromatic N) is 1. The first-order valence-electron chi connectivity index (χ1n) is 6.36. The summed E-state index contributed by atoms with van der Waals surface area (Å²) in [6.45, 7) is 3.95. The first-order valence-corrected chi connectivity index (χ1v) is 7.15. The molecule has 0 saturated heterocycles.